The van der Waals surface area contributed by atoms with Gasteiger partial charge in [0.05, 0.1) is 17.6 Å². The van der Waals surface area contributed by atoms with E-state index in [2.05, 4.69) is 31.2 Å². The molecule has 4 rings (SSSR count). The predicted octanol–water partition coefficient (Wildman–Crippen LogP) is 6.29. The standard InChI is InChI=1S/C25H25BrClN3O2/c1-2-31-23-13-18(15-28-12-11-25-29-21-9-5-6-10-22(21)30-25)19(26)14-24(23)32-16-17-7-3-4-8-20(17)27/h3-10,13-14,28H,2,11-12,15-16H2,1H3,(H,29,30). The summed E-state index contributed by atoms with van der Waals surface area (Å²) in [6.45, 7) is 4.40. The average Bonchev–Trinajstić information content (AvgIpc) is 3.21. The number of aromatic amines is 1. The molecule has 0 radical (unpaired) electrons. The lowest BCUT2D eigenvalue weighted by molar-refractivity contribution is 0.269. The zero-order valence-electron chi connectivity index (χ0n) is 17.8. The Kier molecular flexibility index (Phi) is 7.68. The molecule has 0 unspecified atom stereocenters. The molecule has 32 heavy (non-hydrogen) atoms. The van der Waals surface area contributed by atoms with Gasteiger partial charge in [0.15, 0.2) is 11.5 Å². The van der Waals surface area contributed by atoms with Gasteiger partial charge in [0, 0.05) is 34.6 Å². The van der Waals surface area contributed by atoms with Crippen LogP contribution in [0.2, 0.25) is 5.02 Å². The molecule has 0 spiro atoms. The second-order valence-electron chi connectivity index (χ2n) is 7.33. The number of hydrogen-bond donors (Lipinski definition) is 2. The average molecular weight is 515 g/mol. The summed E-state index contributed by atoms with van der Waals surface area (Å²) in [5.74, 6) is 2.39. The number of aromatic nitrogens is 2. The van der Waals surface area contributed by atoms with Gasteiger partial charge in [-0.15, -0.1) is 0 Å². The molecule has 0 amide bonds. The molecule has 166 valence electrons. The summed E-state index contributed by atoms with van der Waals surface area (Å²) >= 11 is 9.92. The maximum Gasteiger partial charge on any atom is 0.162 e. The maximum atomic E-state index is 6.25. The van der Waals surface area contributed by atoms with Crippen LogP contribution >= 0.6 is 27.5 Å². The van der Waals surface area contributed by atoms with Gasteiger partial charge in [-0.3, -0.25) is 0 Å². The van der Waals surface area contributed by atoms with Gasteiger partial charge >= 0.3 is 0 Å². The van der Waals surface area contributed by atoms with E-state index in [0.29, 0.717) is 30.5 Å². The Balaban J connectivity index is 1.37. The van der Waals surface area contributed by atoms with Crippen molar-refractivity contribution in [3.8, 4) is 11.5 Å². The molecule has 0 aliphatic rings. The molecule has 0 bridgehead atoms. The summed E-state index contributed by atoms with van der Waals surface area (Å²) < 4.78 is 12.8. The van der Waals surface area contributed by atoms with Crippen LogP contribution in [0.25, 0.3) is 11.0 Å². The van der Waals surface area contributed by atoms with Crippen molar-refractivity contribution in [1.29, 1.82) is 0 Å². The highest BCUT2D eigenvalue weighted by Gasteiger charge is 2.12. The third-order valence-corrected chi connectivity index (χ3v) is 6.15. The Morgan fingerprint density at radius 3 is 2.59 bits per heavy atom. The smallest absolute Gasteiger partial charge is 0.162 e. The Hall–Kier alpha value is -2.54. The lowest BCUT2D eigenvalue weighted by Gasteiger charge is -2.16. The minimum Gasteiger partial charge on any atom is -0.490 e. The van der Waals surface area contributed by atoms with E-state index in [1.165, 1.54) is 0 Å². The fourth-order valence-corrected chi connectivity index (χ4v) is 4.07. The SMILES string of the molecule is CCOc1cc(CNCCc2nc3ccccc3[nH]2)c(Br)cc1OCc1ccccc1Cl. The molecule has 0 aliphatic carbocycles. The van der Waals surface area contributed by atoms with Crippen molar-refractivity contribution in [2.45, 2.75) is 26.5 Å². The number of rotatable bonds is 10. The van der Waals surface area contributed by atoms with Crippen molar-refractivity contribution in [2.75, 3.05) is 13.2 Å². The number of nitrogens with zero attached hydrogens (tertiary/aromatic N) is 1. The van der Waals surface area contributed by atoms with E-state index in [4.69, 9.17) is 21.1 Å². The highest BCUT2D eigenvalue weighted by atomic mass is 79.9. The monoisotopic (exact) mass is 513 g/mol. The number of ether oxygens (including phenoxy) is 2. The minimum absolute atomic E-state index is 0.376. The van der Waals surface area contributed by atoms with Crippen LogP contribution in [-0.4, -0.2) is 23.1 Å². The van der Waals surface area contributed by atoms with Gasteiger partial charge in [-0.25, -0.2) is 4.98 Å². The molecular weight excluding hydrogens is 490 g/mol. The first-order valence-electron chi connectivity index (χ1n) is 10.6. The molecule has 5 nitrogen and oxygen atoms in total. The van der Waals surface area contributed by atoms with E-state index in [-0.39, 0.29) is 0 Å². The van der Waals surface area contributed by atoms with Gasteiger partial charge in [0.1, 0.15) is 12.4 Å². The van der Waals surface area contributed by atoms with Crippen molar-refractivity contribution in [3.63, 3.8) is 0 Å². The summed E-state index contributed by atoms with van der Waals surface area (Å²) in [4.78, 5) is 7.99. The fourth-order valence-electron chi connectivity index (χ4n) is 3.42. The Morgan fingerprint density at radius 1 is 1.00 bits per heavy atom. The van der Waals surface area contributed by atoms with Gasteiger partial charge < -0.3 is 19.8 Å². The quantitative estimate of drug-likeness (QED) is 0.244. The number of benzene rings is 3. The molecule has 0 atom stereocenters. The van der Waals surface area contributed by atoms with Crippen molar-refractivity contribution in [3.05, 3.63) is 87.1 Å². The minimum atomic E-state index is 0.376. The third kappa shape index (κ3) is 5.63. The maximum absolute atomic E-state index is 6.25. The van der Waals surface area contributed by atoms with Crippen LogP contribution in [0, 0.1) is 0 Å². The number of nitrogens with one attached hydrogen (secondary N) is 2. The van der Waals surface area contributed by atoms with Crippen molar-refractivity contribution in [2.24, 2.45) is 0 Å². The van der Waals surface area contributed by atoms with Gasteiger partial charge in [-0.1, -0.05) is 57.9 Å². The second-order valence-corrected chi connectivity index (χ2v) is 8.59. The van der Waals surface area contributed by atoms with Gasteiger partial charge in [0.2, 0.25) is 0 Å². The Bertz CT molecular complexity index is 1160. The van der Waals surface area contributed by atoms with E-state index in [1.807, 2.05) is 67.6 Å². The highest BCUT2D eigenvalue weighted by molar-refractivity contribution is 9.10. The number of halogens is 2. The number of H-pyrrole nitrogens is 1. The molecule has 2 N–H and O–H groups in total. The van der Waals surface area contributed by atoms with Crippen LogP contribution in [0.3, 0.4) is 0 Å². The number of fused-ring (bicyclic) bond motifs is 1. The molecule has 0 saturated carbocycles. The second kappa shape index (κ2) is 10.9. The number of imidazole rings is 1. The summed E-state index contributed by atoms with van der Waals surface area (Å²) in [7, 11) is 0. The zero-order chi connectivity index (χ0) is 22.3. The molecule has 7 heteroatoms. The first-order chi connectivity index (χ1) is 15.6. The summed E-state index contributed by atoms with van der Waals surface area (Å²) in [5.41, 5.74) is 4.10. The number of hydrogen-bond acceptors (Lipinski definition) is 4. The molecule has 4 aromatic rings. The molecule has 0 aliphatic heterocycles. The van der Waals surface area contributed by atoms with E-state index in [0.717, 1.165) is 51.2 Å². The van der Waals surface area contributed by atoms with Crippen molar-refractivity contribution >= 4 is 38.6 Å². The number of para-hydroxylation sites is 2. The van der Waals surface area contributed by atoms with Crippen LogP contribution in [0.1, 0.15) is 23.9 Å². The largest absolute Gasteiger partial charge is 0.490 e. The van der Waals surface area contributed by atoms with Crippen molar-refractivity contribution < 1.29 is 9.47 Å². The molecule has 0 saturated heterocycles. The fraction of sp³-hybridized carbons (Fsp3) is 0.240. The van der Waals surface area contributed by atoms with Gasteiger partial charge in [0.25, 0.3) is 0 Å². The highest BCUT2D eigenvalue weighted by Crippen LogP contribution is 2.35. The topological polar surface area (TPSA) is 59.2 Å². The van der Waals surface area contributed by atoms with E-state index >= 15 is 0 Å². The van der Waals surface area contributed by atoms with Crippen LogP contribution in [0.5, 0.6) is 11.5 Å². The van der Waals surface area contributed by atoms with Crippen LogP contribution in [0.15, 0.2) is 65.1 Å². The summed E-state index contributed by atoms with van der Waals surface area (Å²) in [6, 6.07) is 19.7. The molecule has 1 heterocycles. The summed E-state index contributed by atoms with van der Waals surface area (Å²) in [5, 5.41) is 4.18. The molecule has 1 aromatic heterocycles. The van der Waals surface area contributed by atoms with Crippen molar-refractivity contribution in [1.82, 2.24) is 15.3 Å². The lowest BCUT2D eigenvalue weighted by Crippen LogP contribution is -2.17. The lowest BCUT2D eigenvalue weighted by atomic mass is 10.2. The zero-order valence-corrected chi connectivity index (χ0v) is 20.2. The normalized spacial score (nSPS) is 11.1. The predicted molar refractivity (Wildman–Crippen MR) is 133 cm³/mol. The third-order valence-electron chi connectivity index (χ3n) is 5.05. The van der Waals surface area contributed by atoms with Crippen LogP contribution < -0.4 is 14.8 Å². The van der Waals surface area contributed by atoms with E-state index in [1.54, 1.807) is 0 Å². The molecule has 0 fully saturated rings. The summed E-state index contributed by atoms with van der Waals surface area (Å²) in [6.07, 6.45) is 0.823. The Labute approximate surface area is 201 Å². The Morgan fingerprint density at radius 2 is 1.78 bits per heavy atom. The van der Waals surface area contributed by atoms with Gasteiger partial charge in [-0.05, 0) is 42.8 Å². The molecular formula is C25H25BrClN3O2. The first kappa shape index (κ1) is 22.6. The first-order valence-corrected chi connectivity index (χ1v) is 11.8. The molecule has 3 aromatic carbocycles. The van der Waals surface area contributed by atoms with Crippen LogP contribution in [-0.2, 0) is 19.6 Å². The van der Waals surface area contributed by atoms with Crippen LogP contribution in [0.4, 0.5) is 0 Å². The van der Waals surface area contributed by atoms with E-state index < -0.39 is 0 Å². The van der Waals surface area contributed by atoms with E-state index in [9.17, 15) is 0 Å². The van der Waals surface area contributed by atoms with Gasteiger partial charge in [-0.2, -0.15) is 0 Å².